The molecule has 1 amide bonds. The Hall–Kier alpha value is -4.04. The van der Waals surface area contributed by atoms with Gasteiger partial charge in [0.05, 0.1) is 24.1 Å². The van der Waals surface area contributed by atoms with Crippen LogP contribution in [0.2, 0.25) is 0 Å². The van der Waals surface area contributed by atoms with E-state index >= 15 is 0 Å². The molecule has 2 fully saturated rings. The number of allylic oxidation sites excluding steroid dienone is 4. The van der Waals surface area contributed by atoms with Crippen LogP contribution in [0.15, 0.2) is 66.2 Å². The molecule has 8 heteroatoms. The highest BCUT2D eigenvalue weighted by atomic mass is 19.4. The maximum absolute atomic E-state index is 13.6. The summed E-state index contributed by atoms with van der Waals surface area (Å²) < 4.78 is 40.5. The van der Waals surface area contributed by atoms with E-state index < -0.39 is 23.0 Å². The summed E-state index contributed by atoms with van der Waals surface area (Å²) >= 11 is 0. The summed E-state index contributed by atoms with van der Waals surface area (Å²) in [6, 6.07) is 9.92. The molecule has 0 unspecified atom stereocenters. The Labute approximate surface area is 188 Å². The molecule has 5 nitrogen and oxygen atoms in total. The van der Waals surface area contributed by atoms with Crippen LogP contribution in [-0.2, 0) is 11.0 Å². The molecule has 164 valence electrons. The average Bonchev–Trinajstić information content (AvgIpc) is 3.12. The highest BCUT2D eigenvalue weighted by Gasteiger charge is 2.57. The van der Waals surface area contributed by atoms with E-state index in [-0.39, 0.29) is 18.3 Å². The van der Waals surface area contributed by atoms with Gasteiger partial charge >= 0.3 is 6.18 Å². The summed E-state index contributed by atoms with van der Waals surface area (Å²) in [5.74, 6) is -0.258. The van der Waals surface area contributed by atoms with Crippen LogP contribution in [0, 0.1) is 11.3 Å². The predicted molar refractivity (Wildman–Crippen MR) is 116 cm³/mol. The fourth-order valence-corrected chi connectivity index (χ4v) is 4.56. The first-order valence-corrected chi connectivity index (χ1v) is 10.4. The molecule has 0 atom stereocenters. The van der Waals surface area contributed by atoms with Gasteiger partial charge in [-0.3, -0.25) is 9.69 Å². The number of benzene rings is 1. The van der Waals surface area contributed by atoms with Gasteiger partial charge in [0, 0.05) is 16.8 Å². The number of halogens is 3. The smallest absolute Gasteiger partial charge is 0.338 e. The molecule has 1 aliphatic heterocycles. The first-order chi connectivity index (χ1) is 15.8. The van der Waals surface area contributed by atoms with Crippen molar-refractivity contribution < 1.29 is 18.0 Å². The third kappa shape index (κ3) is 3.27. The summed E-state index contributed by atoms with van der Waals surface area (Å²) in [5, 5.41) is 9.04. The number of carbonyl (C=O) groups is 1. The van der Waals surface area contributed by atoms with Crippen LogP contribution < -0.4 is 9.80 Å². The third-order valence-corrected chi connectivity index (χ3v) is 6.35. The summed E-state index contributed by atoms with van der Waals surface area (Å²) in [6.07, 6.45) is 3.97. The second kappa shape index (κ2) is 7.53. The first kappa shape index (κ1) is 20.8. The van der Waals surface area contributed by atoms with Crippen molar-refractivity contribution in [1.82, 2.24) is 4.98 Å². The van der Waals surface area contributed by atoms with Gasteiger partial charge in [-0.1, -0.05) is 35.7 Å². The molecule has 1 saturated carbocycles. The Balaban J connectivity index is 1.60. The van der Waals surface area contributed by atoms with Crippen LogP contribution in [0.1, 0.15) is 36.1 Å². The van der Waals surface area contributed by atoms with E-state index in [9.17, 15) is 18.0 Å². The van der Waals surface area contributed by atoms with E-state index in [2.05, 4.69) is 16.4 Å². The minimum atomic E-state index is -4.75. The number of hydrogen-bond donors (Lipinski definition) is 0. The number of carbonyl (C=O) groups excluding carboxylic acids is 1. The molecule has 0 radical (unpaired) electrons. The van der Waals surface area contributed by atoms with Gasteiger partial charge in [0.1, 0.15) is 11.6 Å². The molecule has 0 N–H and O–H groups in total. The molecule has 0 bridgehead atoms. The SMILES string of the molecule is N#Cc1ncc(N2CN(c3ccccc3C3=C=C=CC=C3)C3(CCC3)C2=O)cc1C(F)(F)F. The zero-order chi connectivity index (χ0) is 23.2. The zero-order valence-electron chi connectivity index (χ0n) is 17.4. The molecule has 2 aromatic rings. The average molecular weight is 446 g/mol. The van der Waals surface area contributed by atoms with E-state index in [4.69, 9.17) is 5.26 Å². The molecule has 1 saturated heterocycles. The Morgan fingerprint density at radius 1 is 1.21 bits per heavy atom. The molecular weight excluding hydrogens is 429 g/mol. The van der Waals surface area contributed by atoms with Gasteiger partial charge in [-0.25, -0.2) is 4.98 Å². The van der Waals surface area contributed by atoms with E-state index in [0.717, 1.165) is 35.5 Å². The van der Waals surface area contributed by atoms with E-state index in [1.54, 1.807) is 6.08 Å². The van der Waals surface area contributed by atoms with Crippen LogP contribution in [0.3, 0.4) is 0 Å². The van der Waals surface area contributed by atoms with Gasteiger partial charge in [-0.05, 0) is 43.5 Å². The lowest BCUT2D eigenvalue weighted by Gasteiger charge is -2.44. The molecule has 3 aliphatic rings. The molecule has 1 aromatic heterocycles. The van der Waals surface area contributed by atoms with Crippen molar-refractivity contribution in [1.29, 1.82) is 5.26 Å². The van der Waals surface area contributed by atoms with E-state index in [0.29, 0.717) is 12.8 Å². The van der Waals surface area contributed by atoms with Crippen LogP contribution in [0.25, 0.3) is 5.57 Å². The lowest BCUT2D eigenvalue weighted by molar-refractivity contribution is -0.138. The van der Waals surface area contributed by atoms with Crippen LogP contribution in [0.4, 0.5) is 24.5 Å². The molecule has 5 rings (SSSR count). The van der Waals surface area contributed by atoms with Crippen LogP contribution in [-0.4, -0.2) is 23.1 Å². The normalized spacial score (nSPS) is 18.5. The van der Waals surface area contributed by atoms with Crippen molar-refractivity contribution in [3.8, 4) is 6.07 Å². The number of anilines is 2. The summed E-state index contributed by atoms with van der Waals surface area (Å²) in [5.41, 5.74) is 5.86. The number of para-hydroxylation sites is 1. The van der Waals surface area contributed by atoms with Crippen molar-refractivity contribution >= 4 is 22.9 Å². The lowest BCUT2D eigenvalue weighted by atomic mass is 9.75. The number of amides is 1. The number of pyridine rings is 1. The Morgan fingerprint density at radius 2 is 2.00 bits per heavy atom. The number of nitriles is 1. The molecule has 33 heavy (non-hydrogen) atoms. The molecule has 1 spiro atoms. The van der Waals surface area contributed by atoms with Gasteiger partial charge < -0.3 is 4.90 Å². The van der Waals surface area contributed by atoms with Crippen molar-refractivity contribution in [3.63, 3.8) is 0 Å². The van der Waals surface area contributed by atoms with Crippen LogP contribution in [0.5, 0.6) is 0 Å². The van der Waals surface area contributed by atoms with Crippen molar-refractivity contribution in [2.45, 2.75) is 31.0 Å². The van der Waals surface area contributed by atoms with E-state index in [1.165, 1.54) is 11.0 Å². The summed E-state index contributed by atoms with van der Waals surface area (Å²) in [4.78, 5) is 20.6. The molecule has 1 aromatic carbocycles. The number of aromatic nitrogens is 1. The van der Waals surface area contributed by atoms with Crippen molar-refractivity contribution in [2.24, 2.45) is 0 Å². The van der Waals surface area contributed by atoms with Gasteiger partial charge in [-0.2, -0.15) is 18.4 Å². The number of rotatable bonds is 3. The maximum atomic E-state index is 13.6. The van der Waals surface area contributed by atoms with Crippen LogP contribution >= 0.6 is 0 Å². The summed E-state index contributed by atoms with van der Waals surface area (Å²) in [6.45, 7) is 0.0806. The number of alkyl halides is 3. The topological polar surface area (TPSA) is 60.2 Å². The molecule has 2 heterocycles. The highest BCUT2D eigenvalue weighted by Crippen LogP contribution is 2.48. The van der Waals surface area contributed by atoms with Gasteiger partial charge in [0.25, 0.3) is 5.91 Å². The first-order valence-electron chi connectivity index (χ1n) is 10.4. The lowest BCUT2D eigenvalue weighted by Crippen LogP contribution is -2.55. The second-order valence-electron chi connectivity index (χ2n) is 8.11. The van der Waals surface area contributed by atoms with Gasteiger partial charge in [-0.15, -0.1) is 0 Å². The standard InChI is InChI=1S/C25H17F3N4O/c26-25(27,28)20-13-18(15-30-21(20)14-29)31-16-32(24(23(31)33)11-6-12-24)22-10-5-4-9-19(22)17-7-2-1-3-8-17/h1-2,4-5,7,9-10,13,15H,6,11-12,16H2. The minimum absolute atomic E-state index is 0.0252. The maximum Gasteiger partial charge on any atom is 0.419 e. The molecule has 2 aliphatic carbocycles. The van der Waals surface area contributed by atoms with Crippen molar-refractivity contribution in [3.05, 3.63) is 83.0 Å². The Kier molecular flexibility index (Phi) is 4.75. The zero-order valence-corrected chi connectivity index (χ0v) is 17.4. The Morgan fingerprint density at radius 3 is 2.64 bits per heavy atom. The Bertz CT molecular complexity index is 1330. The minimum Gasteiger partial charge on any atom is -0.338 e. The number of nitrogens with zero attached hydrogens (tertiary/aromatic N) is 4. The monoisotopic (exact) mass is 446 g/mol. The quantitative estimate of drug-likeness (QED) is 0.625. The fourth-order valence-electron chi connectivity index (χ4n) is 4.56. The molecular formula is C25H17F3N4O. The predicted octanol–water partition coefficient (Wildman–Crippen LogP) is 4.97. The largest absolute Gasteiger partial charge is 0.419 e. The second-order valence-corrected chi connectivity index (χ2v) is 8.11. The highest BCUT2D eigenvalue weighted by molar-refractivity contribution is 6.07. The van der Waals surface area contributed by atoms with Gasteiger partial charge in [0.2, 0.25) is 0 Å². The van der Waals surface area contributed by atoms with E-state index in [1.807, 2.05) is 41.3 Å². The fraction of sp³-hybridized carbons (Fsp3) is 0.240. The van der Waals surface area contributed by atoms with Gasteiger partial charge in [0.15, 0.2) is 5.69 Å². The van der Waals surface area contributed by atoms with Crippen molar-refractivity contribution in [2.75, 3.05) is 16.5 Å². The third-order valence-electron chi connectivity index (χ3n) is 6.35. The number of hydrogen-bond acceptors (Lipinski definition) is 4. The summed E-state index contributed by atoms with van der Waals surface area (Å²) in [7, 11) is 0.